The number of carbonyl (C=O) groups is 2. The minimum atomic E-state index is -1.15. The third-order valence-corrected chi connectivity index (χ3v) is 6.06. The largest absolute Gasteiger partial charge is 0.478 e. The minimum absolute atomic E-state index is 0.138. The third kappa shape index (κ3) is 5.08. The Morgan fingerprint density at radius 2 is 1.96 bits per heavy atom. The number of thiophene rings is 1. The van der Waals surface area contributed by atoms with Crippen molar-refractivity contribution in [1.29, 1.82) is 0 Å². The molecule has 3 heterocycles. The molecule has 2 atom stereocenters. The Morgan fingerprint density at radius 3 is 2.63 bits per heavy atom. The lowest BCUT2D eigenvalue weighted by Gasteiger charge is -2.24. The number of ether oxygens (including phenoxy) is 1. The summed E-state index contributed by atoms with van der Waals surface area (Å²) in [5.41, 5.74) is 1.45. The van der Waals surface area contributed by atoms with Crippen LogP contribution in [0.25, 0.3) is 10.1 Å². The van der Waals surface area contributed by atoms with Crippen molar-refractivity contribution in [2.75, 3.05) is 31.1 Å². The van der Waals surface area contributed by atoms with Crippen molar-refractivity contribution < 1.29 is 19.4 Å². The lowest BCUT2D eigenvalue weighted by Crippen LogP contribution is -2.25. The Bertz CT molecular complexity index is 790. The number of carbonyl (C=O) groups excluding carboxylic acids is 1. The van der Waals surface area contributed by atoms with Gasteiger partial charge in [-0.05, 0) is 61.3 Å². The molecule has 2 unspecified atom stereocenters. The Hall–Kier alpha value is -2.38. The van der Waals surface area contributed by atoms with Gasteiger partial charge in [-0.2, -0.15) is 0 Å². The van der Waals surface area contributed by atoms with Gasteiger partial charge in [-0.25, -0.2) is 4.79 Å². The molecule has 2 fully saturated rings. The van der Waals surface area contributed by atoms with E-state index in [9.17, 15) is 9.59 Å². The van der Waals surface area contributed by atoms with Crippen molar-refractivity contribution >= 4 is 39.6 Å². The van der Waals surface area contributed by atoms with E-state index in [-0.39, 0.29) is 6.47 Å². The number of nitrogens with one attached hydrogen (secondary N) is 1. The van der Waals surface area contributed by atoms with Crippen LogP contribution in [0, 0.1) is 11.8 Å². The van der Waals surface area contributed by atoms with Crippen LogP contribution in [0.1, 0.15) is 12.8 Å². The van der Waals surface area contributed by atoms with E-state index in [4.69, 9.17) is 5.11 Å². The molecule has 0 bridgehead atoms. The molecule has 1 aromatic carbocycles. The molecular weight excluding hydrogens is 364 g/mol. The highest BCUT2D eigenvalue weighted by atomic mass is 32.1. The molecule has 4 rings (SSSR count). The first-order valence-corrected chi connectivity index (χ1v) is 9.97. The van der Waals surface area contributed by atoms with Crippen LogP contribution in [0.4, 0.5) is 5.69 Å². The maximum atomic E-state index is 9.59. The second-order valence-corrected chi connectivity index (χ2v) is 7.67. The number of carboxylic acid groups (broad SMARTS) is 1. The van der Waals surface area contributed by atoms with Crippen molar-refractivity contribution in [1.82, 2.24) is 5.32 Å². The third-order valence-electron chi connectivity index (χ3n) is 5.18. The van der Waals surface area contributed by atoms with E-state index in [0.29, 0.717) is 6.08 Å². The number of hydrogen-bond donors (Lipinski definition) is 2. The number of fused-ring (bicyclic) bond motifs is 2. The molecule has 2 N–H and O–H groups in total. The highest BCUT2D eigenvalue weighted by Gasteiger charge is 2.30. The standard InChI is InChI=1S/C16H20N2S.C4H4O4/c1-2-15(14-6-9-19-16(14)3-1)18-7-4-12-10-17-11-13(12)5-8-18;5-3-8-2-1-4(6)7/h1-3,6,9,12-13,17H,4-5,7-8,10-11H2;1-3H,(H,6,7)/b;2-1-. The molecule has 1 aromatic heterocycles. The summed E-state index contributed by atoms with van der Waals surface area (Å²) in [4.78, 5) is 21.5. The molecule has 0 radical (unpaired) electrons. The van der Waals surface area contributed by atoms with E-state index in [1.807, 2.05) is 11.3 Å². The molecule has 2 aromatic rings. The van der Waals surface area contributed by atoms with Gasteiger partial charge in [0.05, 0.1) is 6.08 Å². The van der Waals surface area contributed by atoms with Gasteiger partial charge >= 0.3 is 5.97 Å². The summed E-state index contributed by atoms with van der Waals surface area (Å²) in [7, 11) is 0. The predicted molar refractivity (Wildman–Crippen MR) is 107 cm³/mol. The first-order valence-electron chi connectivity index (χ1n) is 9.09. The van der Waals surface area contributed by atoms with Crippen LogP contribution in [-0.4, -0.2) is 43.7 Å². The summed E-state index contributed by atoms with van der Waals surface area (Å²) in [6.45, 7) is 5.05. The van der Waals surface area contributed by atoms with Gasteiger partial charge in [0, 0.05) is 28.9 Å². The number of aliphatic carboxylic acids is 1. The molecule has 27 heavy (non-hydrogen) atoms. The SMILES string of the molecule is O=CO/C=C\C(=O)O.c1cc(N2CCC3CNCC3CC2)c2ccsc2c1. The Balaban J connectivity index is 0.000000226. The van der Waals surface area contributed by atoms with Crippen molar-refractivity contribution in [2.45, 2.75) is 12.8 Å². The average molecular weight is 388 g/mol. The number of benzene rings is 1. The van der Waals surface area contributed by atoms with E-state index in [2.05, 4.69) is 44.6 Å². The molecule has 0 aliphatic carbocycles. The highest BCUT2D eigenvalue weighted by molar-refractivity contribution is 7.17. The summed E-state index contributed by atoms with van der Waals surface area (Å²) in [5, 5.41) is 15.1. The molecule has 2 aliphatic heterocycles. The van der Waals surface area contributed by atoms with Gasteiger partial charge in [0.15, 0.2) is 0 Å². The lowest BCUT2D eigenvalue weighted by molar-refractivity contribution is -0.131. The molecule has 2 saturated heterocycles. The second-order valence-electron chi connectivity index (χ2n) is 6.73. The van der Waals surface area contributed by atoms with Crippen LogP contribution in [-0.2, 0) is 14.3 Å². The van der Waals surface area contributed by atoms with Crippen molar-refractivity contribution in [2.24, 2.45) is 11.8 Å². The molecule has 0 spiro atoms. The van der Waals surface area contributed by atoms with Crippen molar-refractivity contribution in [3.8, 4) is 0 Å². The zero-order chi connectivity index (χ0) is 19.1. The minimum Gasteiger partial charge on any atom is -0.478 e. The zero-order valence-corrected chi connectivity index (χ0v) is 15.9. The fourth-order valence-corrected chi connectivity index (χ4v) is 4.65. The van der Waals surface area contributed by atoms with Gasteiger partial charge in [-0.3, -0.25) is 4.79 Å². The molecule has 0 saturated carbocycles. The maximum Gasteiger partial charge on any atom is 0.331 e. The number of hydrogen-bond acceptors (Lipinski definition) is 6. The van der Waals surface area contributed by atoms with Gasteiger partial charge in [0.25, 0.3) is 6.47 Å². The van der Waals surface area contributed by atoms with Crippen LogP contribution in [0.15, 0.2) is 42.0 Å². The normalized spacial score (nSPS) is 22.0. The quantitative estimate of drug-likeness (QED) is 0.476. The Kier molecular flexibility index (Phi) is 6.84. The summed E-state index contributed by atoms with van der Waals surface area (Å²) in [5.74, 6) is 0.671. The van der Waals surface area contributed by atoms with Crippen LogP contribution in [0.3, 0.4) is 0 Å². The Morgan fingerprint density at radius 1 is 1.22 bits per heavy atom. The molecule has 6 nitrogen and oxygen atoms in total. The molecule has 0 amide bonds. The maximum absolute atomic E-state index is 9.59. The Labute approximate surface area is 162 Å². The number of carboxylic acids is 1. The average Bonchev–Trinajstić information content (AvgIpc) is 3.28. The summed E-state index contributed by atoms with van der Waals surface area (Å²) in [6.07, 6.45) is 4.19. The number of anilines is 1. The fourth-order valence-electron chi connectivity index (χ4n) is 3.84. The van der Waals surface area contributed by atoms with Crippen molar-refractivity contribution in [3.05, 3.63) is 42.0 Å². The van der Waals surface area contributed by atoms with Crippen molar-refractivity contribution in [3.63, 3.8) is 0 Å². The summed E-state index contributed by atoms with van der Waals surface area (Å²) < 4.78 is 5.32. The molecule has 2 aliphatic rings. The number of rotatable bonds is 4. The predicted octanol–water partition coefficient (Wildman–Crippen LogP) is 3.09. The molecule has 144 valence electrons. The smallest absolute Gasteiger partial charge is 0.331 e. The highest BCUT2D eigenvalue weighted by Crippen LogP contribution is 2.34. The second kappa shape index (κ2) is 9.53. The van der Waals surface area contributed by atoms with Crippen LogP contribution >= 0.6 is 11.3 Å². The number of nitrogens with zero attached hydrogens (tertiary/aromatic N) is 1. The van der Waals surface area contributed by atoms with Gasteiger partial charge in [-0.1, -0.05) is 6.07 Å². The van der Waals surface area contributed by atoms with Gasteiger partial charge in [-0.15, -0.1) is 11.3 Å². The van der Waals surface area contributed by atoms with E-state index >= 15 is 0 Å². The summed E-state index contributed by atoms with van der Waals surface area (Å²) in [6, 6.07) is 9.03. The molecule has 7 heteroatoms. The van der Waals surface area contributed by atoms with Crippen LogP contribution in [0.5, 0.6) is 0 Å². The zero-order valence-electron chi connectivity index (χ0n) is 15.0. The van der Waals surface area contributed by atoms with Crippen LogP contribution < -0.4 is 10.2 Å². The van der Waals surface area contributed by atoms with Crippen LogP contribution in [0.2, 0.25) is 0 Å². The van der Waals surface area contributed by atoms with Gasteiger partial charge in [0.1, 0.15) is 6.26 Å². The van der Waals surface area contributed by atoms with Gasteiger partial charge in [0.2, 0.25) is 0 Å². The topological polar surface area (TPSA) is 78.9 Å². The van der Waals surface area contributed by atoms with E-state index < -0.39 is 5.97 Å². The molecular formula is C20H24N2O4S. The first-order chi connectivity index (χ1) is 13.2. The van der Waals surface area contributed by atoms with Gasteiger partial charge < -0.3 is 20.1 Å². The van der Waals surface area contributed by atoms with E-state index in [1.165, 1.54) is 54.8 Å². The van der Waals surface area contributed by atoms with E-state index in [0.717, 1.165) is 18.1 Å². The monoisotopic (exact) mass is 388 g/mol. The van der Waals surface area contributed by atoms with E-state index in [1.54, 1.807) is 0 Å². The fraction of sp³-hybridized carbons (Fsp3) is 0.400. The summed E-state index contributed by atoms with van der Waals surface area (Å²) >= 11 is 1.85. The lowest BCUT2D eigenvalue weighted by atomic mass is 9.92. The first kappa shape index (κ1) is 19.4.